The van der Waals surface area contributed by atoms with Gasteiger partial charge in [0.25, 0.3) is 0 Å². The van der Waals surface area contributed by atoms with E-state index in [4.69, 9.17) is 4.98 Å². The summed E-state index contributed by atoms with van der Waals surface area (Å²) in [7, 11) is 0. The summed E-state index contributed by atoms with van der Waals surface area (Å²) in [6, 6.07) is 26.3. The number of hydrogen-bond donors (Lipinski definition) is 0. The van der Waals surface area contributed by atoms with Gasteiger partial charge >= 0.3 is 0 Å². The monoisotopic (exact) mass is 340 g/mol. The minimum atomic E-state index is 0.0970. The Labute approximate surface area is 152 Å². The largest absolute Gasteiger partial charge is 0.295 e. The second-order valence-corrected chi connectivity index (χ2v) is 6.50. The Morgan fingerprint density at radius 1 is 0.846 bits per heavy atom. The molecule has 0 N–H and O–H groups in total. The standard InChI is InChI=1S/C23H20N2O/c26-23(25-14-6-7-15-25)17-20(18-8-2-1-3-9-18)16-21-13-12-19-10-4-5-11-22(19)24-21/h1-15,20H,16-17H2. The maximum atomic E-state index is 12.6. The lowest BCUT2D eigenvalue weighted by molar-refractivity contribution is 0.0893. The second-order valence-electron chi connectivity index (χ2n) is 6.50. The van der Waals surface area contributed by atoms with Crippen LogP contribution in [-0.4, -0.2) is 15.5 Å². The molecule has 128 valence electrons. The van der Waals surface area contributed by atoms with Crippen LogP contribution in [0, 0.1) is 0 Å². The molecule has 2 aromatic heterocycles. The summed E-state index contributed by atoms with van der Waals surface area (Å²) < 4.78 is 1.66. The molecular formula is C23H20N2O. The van der Waals surface area contributed by atoms with Crippen LogP contribution in [0.3, 0.4) is 0 Å². The number of benzene rings is 2. The lowest BCUT2D eigenvalue weighted by atomic mass is 9.90. The fraction of sp³-hybridized carbons (Fsp3) is 0.130. The summed E-state index contributed by atoms with van der Waals surface area (Å²) in [5.41, 5.74) is 3.18. The maximum absolute atomic E-state index is 12.6. The van der Waals surface area contributed by atoms with E-state index in [9.17, 15) is 4.79 Å². The summed E-state index contributed by atoms with van der Waals surface area (Å²) in [5, 5.41) is 1.14. The zero-order valence-electron chi connectivity index (χ0n) is 14.5. The maximum Gasteiger partial charge on any atom is 0.231 e. The summed E-state index contributed by atoms with van der Waals surface area (Å²) in [4.78, 5) is 17.4. The SMILES string of the molecule is O=C(CC(Cc1ccc2ccccc2n1)c1ccccc1)n1cccc1. The van der Waals surface area contributed by atoms with Crippen LogP contribution in [0.1, 0.15) is 28.4 Å². The van der Waals surface area contributed by atoms with Gasteiger partial charge in [-0.3, -0.25) is 14.3 Å². The number of carbonyl (C=O) groups excluding carboxylic acids is 1. The van der Waals surface area contributed by atoms with Crippen LogP contribution in [0.5, 0.6) is 0 Å². The number of pyridine rings is 1. The minimum absolute atomic E-state index is 0.0970. The van der Waals surface area contributed by atoms with Crippen molar-refractivity contribution < 1.29 is 4.79 Å². The number of aromatic nitrogens is 2. The lowest BCUT2D eigenvalue weighted by Gasteiger charge is -2.17. The number of carbonyl (C=O) groups is 1. The Balaban J connectivity index is 1.62. The van der Waals surface area contributed by atoms with Gasteiger partial charge in [0.2, 0.25) is 5.91 Å². The van der Waals surface area contributed by atoms with E-state index in [1.165, 1.54) is 5.56 Å². The third-order valence-electron chi connectivity index (χ3n) is 4.70. The molecule has 1 unspecified atom stereocenters. The van der Waals surface area contributed by atoms with Crippen molar-refractivity contribution >= 4 is 16.8 Å². The number of rotatable bonds is 5. The Bertz CT molecular complexity index is 1010. The van der Waals surface area contributed by atoms with E-state index in [1.54, 1.807) is 17.0 Å². The van der Waals surface area contributed by atoms with Crippen LogP contribution in [0.15, 0.2) is 91.3 Å². The van der Waals surface area contributed by atoms with Gasteiger partial charge in [0.15, 0.2) is 0 Å². The van der Waals surface area contributed by atoms with Gasteiger partial charge in [0.05, 0.1) is 5.52 Å². The molecule has 0 saturated heterocycles. The molecule has 0 amide bonds. The van der Waals surface area contributed by atoms with E-state index in [-0.39, 0.29) is 11.8 Å². The van der Waals surface area contributed by atoms with Crippen molar-refractivity contribution in [2.45, 2.75) is 18.8 Å². The molecule has 1 atom stereocenters. The normalized spacial score (nSPS) is 12.2. The van der Waals surface area contributed by atoms with Gasteiger partial charge in [0.1, 0.15) is 0 Å². The highest BCUT2D eigenvalue weighted by Crippen LogP contribution is 2.25. The lowest BCUT2D eigenvalue weighted by Crippen LogP contribution is -2.15. The smallest absolute Gasteiger partial charge is 0.231 e. The summed E-state index contributed by atoms with van der Waals surface area (Å²) >= 11 is 0. The molecule has 0 bridgehead atoms. The van der Waals surface area contributed by atoms with Crippen molar-refractivity contribution in [1.29, 1.82) is 0 Å². The van der Waals surface area contributed by atoms with E-state index in [2.05, 4.69) is 30.3 Å². The van der Waals surface area contributed by atoms with Crippen LogP contribution in [0.2, 0.25) is 0 Å². The minimum Gasteiger partial charge on any atom is -0.295 e. The predicted molar refractivity (Wildman–Crippen MR) is 104 cm³/mol. The average molecular weight is 340 g/mol. The second kappa shape index (κ2) is 7.36. The molecule has 0 spiro atoms. The summed E-state index contributed by atoms with van der Waals surface area (Å²) in [6.07, 6.45) is 4.80. The molecular weight excluding hydrogens is 320 g/mol. The first kappa shape index (κ1) is 16.3. The molecule has 0 radical (unpaired) electrons. The van der Waals surface area contributed by atoms with Crippen LogP contribution in [0.4, 0.5) is 0 Å². The number of fused-ring (bicyclic) bond motifs is 1. The van der Waals surface area contributed by atoms with Gasteiger partial charge in [-0.1, -0.05) is 54.6 Å². The van der Waals surface area contributed by atoms with E-state index in [0.29, 0.717) is 6.42 Å². The van der Waals surface area contributed by atoms with Crippen LogP contribution < -0.4 is 0 Å². The first-order valence-corrected chi connectivity index (χ1v) is 8.85. The molecule has 4 aromatic rings. The molecule has 3 nitrogen and oxygen atoms in total. The molecule has 0 fully saturated rings. The van der Waals surface area contributed by atoms with Crippen molar-refractivity contribution in [2.75, 3.05) is 0 Å². The zero-order chi connectivity index (χ0) is 17.8. The highest BCUT2D eigenvalue weighted by molar-refractivity contribution is 5.80. The first-order valence-electron chi connectivity index (χ1n) is 8.85. The zero-order valence-corrected chi connectivity index (χ0v) is 14.5. The van der Waals surface area contributed by atoms with E-state index < -0.39 is 0 Å². The van der Waals surface area contributed by atoms with Gasteiger partial charge in [-0.05, 0) is 42.2 Å². The highest BCUT2D eigenvalue weighted by atomic mass is 16.1. The molecule has 0 aliphatic heterocycles. The number of nitrogens with zero attached hydrogens (tertiary/aromatic N) is 2. The third-order valence-corrected chi connectivity index (χ3v) is 4.70. The van der Waals surface area contributed by atoms with Gasteiger partial charge in [0, 0.05) is 29.9 Å². The molecule has 26 heavy (non-hydrogen) atoms. The average Bonchev–Trinajstić information content (AvgIpc) is 3.23. The molecule has 4 rings (SSSR count). The van der Waals surface area contributed by atoms with Crippen LogP contribution in [-0.2, 0) is 6.42 Å². The third kappa shape index (κ3) is 3.57. The van der Waals surface area contributed by atoms with Gasteiger partial charge < -0.3 is 0 Å². The Hall–Kier alpha value is -3.20. The molecule has 0 aliphatic carbocycles. The fourth-order valence-corrected chi connectivity index (χ4v) is 3.32. The van der Waals surface area contributed by atoms with E-state index in [1.807, 2.05) is 48.5 Å². The Morgan fingerprint density at radius 2 is 1.58 bits per heavy atom. The Kier molecular flexibility index (Phi) is 4.61. The fourth-order valence-electron chi connectivity index (χ4n) is 3.32. The molecule has 0 saturated carbocycles. The van der Waals surface area contributed by atoms with Gasteiger partial charge in [-0.2, -0.15) is 0 Å². The summed E-state index contributed by atoms with van der Waals surface area (Å²) in [6.45, 7) is 0. The van der Waals surface area contributed by atoms with Gasteiger partial charge in [-0.15, -0.1) is 0 Å². The van der Waals surface area contributed by atoms with Crippen molar-refractivity contribution in [1.82, 2.24) is 9.55 Å². The van der Waals surface area contributed by atoms with E-state index in [0.717, 1.165) is 23.0 Å². The first-order chi connectivity index (χ1) is 12.8. The van der Waals surface area contributed by atoms with E-state index >= 15 is 0 Å². The van der Waals surface area contributed by atoms with Crippen LogP contribution >= 0.6 is 0 Å². The molecule has 3 heteroatoms. The quantitative estimate of drug-likeness (QED) is 0.507. The van der Waals surface area contributed by atoms with Crippen molar-refractivity contribution in [3.63, 3.8) is 0 Å². The number of hydrogen-bond acceptors (Lipinski definition) is 2. The highest BCUT2D eigenvalue weighted by Gasteiger charge is 2.18. The molecule has 0 aliphatic rings. The van der Waals surface area contributed by atoms with Crippen LogP contribution in [0.25, 0.3) is 10.9 Å². The molecule has 2 aromatic carbocycles. The molecule has 2 heterocycles. The predicted octanol–water partition coefficient (Wildman–Crippen LogP) is 5.09. The number of para-hydroxylation sites is 1. The van der Waals surface area contributed by atoms with Crippen molar-refractivity contribution in [2.24, 2.45) is 0 Å². The van der Waals surface area contributed by atoms with Crippen molar-refractivity contribution in [3.8, 4) is 0 Å². The summed E-state index contributed by atoms with van der Waals surface area (Å²) in [5.74, 6) is 0.199. The topological polar surface area (TPSA) is 34.9 Å². The van der Waals surface area contributed by atoms with Gasteiger partial charge in [-0.25, -0.2) is 0 Å². The Morgan fingerprint density at radius 3 is 2.38 bits per heavy atom. The van der Waals surface area contributed by atoms with Crippen molar-refractivity contribution in [3.05, 3.63) is 103 Å².